The second-order valence-corrected chi connectivity index (χ2v) is 7.45. The summed E-state index contributed by atoms with van der Waals surface area (Å²) in [6.45, 7) is 3.67. The average Bonchev–Trinajstić information content (AvgIpc) is 3.27. The Morgan fingerprint density at radius 3 is 2.29 bits per heavy atom. The summed E-state index contributed by atoms with van der Waals surface area (Å²) in [7, 11) is 0. The number of benzene rings is 3. The minimum Gasteiger partial charge on any atom is -0.484 e. The Bertz CT molecular complexity index is 1200. The van der Waals surface area contributed by atoms with Gasteiger partial charge in [-0.15, -0.1) is 10.2 Å². The van der Waals surface area contributed by atoms with E-state index in [0.717, 1.165) is 16.7 Å². The van der Waals surface area contributed by atoms with Crippen LogP contribution in [0.5, 0.6) is 5.75 Å². The maximum atomic E-state index is 12.3. The topological polar surface area (TPSA) is 77.2 Å². The van der Waals surface area contributed by atoms with Crippen LogP contribution in [0.1, 0.15) is 11.1 Å². The summed E-state index contributed by atoms with van der Waals surface area (Å²) in [5.41, 5.74) is 3.96. The molecule has 0 saturated heterocycles. The zero-order valence-electron chi connectivity index (χ0n) is 17.1. The second kappa shape index (κ2) is 9.02. The van der Waals surface area contributed by atoms with Gasteiger partial charge in [-0.2, -0.15) is 0 Å². The monoisotopic (exact) mass is 433 g/mol. The van der Waals surface area contributed by atoms with E-state index in [2.05, 4.69) is 15.5 Å². The fraction of sp³-hybridized carbons (Fsp3) is 0.125. The van der Waals surface area contributed by atoms with E-state index in [1.165, 1.54) is 0 Å². The standard InChI is InChI=1S/C24H20ClN3O3/c1-15-11-20(12-16(2)22(15)25)30-14-21(29)26-19-10-6-9-18(13-19)24-28-27-23(31-24)17-7-4-3-5-8-17/h3-13H,14H2,1-2H3,(H,26,29). The van der Waals surface area contributed by atoms with Gasteiger partial charge in [-0.05, 0) is 67.4 Å². The minimum absolute atomic E-state index is 0.122. The molecule has 0 saturated carbocycles. The van der Waals surface area contributed by atoms with Gasteiger partial charge in [0.1, 0.15) is 5.75 Å². The lowest BCUT2D eigenvalue weighted by molar-refractivity contribution is -0.118. The highest BCUT2D eigenvalue weighted by Gasteiger charge is 2.12. The third-order valence-electron chi connectivity index (χ3n) is 4.62. The highest BCUT2D eigenvalue weighted by molar-refractivity contribution is 6.32. The number of anilines is 1. The van der Waals surface area contributed by atoms with Crippen molar-refractivity contribution in [3.05, 3.63) is 82.9 Å². The number of nitrogens with one attached hydrogen (secondary N) is 1. The Hall–Kier alpha value is -3.64. The van der Waals surface area contributed by atoms with Crippen molar-refractivity contribution in [3.8, 4) is 28.7 Å². The van der Waals surface area contributed by atoms with E-state index in [4.69, 9.17) is 20.8 Å². The van der Waals surface area contributed by atoms with Crippen LogP contribution in [-0.4, -0.2) is 22.7 Å². The van der Waals surface area contributed by atoms with Crippen LogP contribution in [0.3, 0.4) is 0 Å². The Kier molecular flexibility index (Phi) is 6.00. The van der Waals surface area contributed by atoms with E-state index >= 15 is 0 Å². The number of carbonyl (C=O) groups excluding carboxylic acids is 1. The Balaban J connectivity index is 1.42. The van der Waals surface area contributed by atoms with E-state index in [-0.39, 0.29) is 12.5 Å². The highest BCUT2D eigenvalue weighted by atomic mass is 35.5. The normalized spacial score (nSPS) is 10.7. The van der Waals surface area contributed by atoms with Gasteiger partial charge in [0.05, 0.1) is 0 Å². The lowest BCUT2D eigenvalue weighted by Gasteiger charge is -2.10. The van der Waals surface area contributed by atoms with E-state index in [1.54, 1.807) is 12.1 Å². The van der Waals surface area contributed by atoms with Crippen molar-refractivity contribution in [1.82, 2.24) is 10.2 Å². The molecule has 1 N–H and O–H groups in total. The molecule has 1 amide bonds. The zero-order valence-corrected chi connectivity index (χ0v) is 17.8. The maximum absolute atomic E-state index is 12.3. The first-order valence-corrected chi connectivity index (χ1v) is 10.1. The van der Waals surface area contributed by atoms with Crippen LogP contribution in [0.15, 0.2) is 71.1 Å². The van der Waals surface area contributed by atoms with E-state index in [0.29, 0.717) is 33.8 Å². The number of aryl methyl sites for hydroxylation is 2. The summed E-state index contributed by atoms with van der Waals surface area (Å²) in [5.74, 6) is 1.13. The Morgan fingerprint density at radius 1 is 0.935 bits per heavy atom. The SMILES string of the molecule is Cc1cc(OCC(=O)Nc2cccc(-c3nnc(-c4ccccc4)o3)c2)cc(C)c1Cl. The largest absolute Gasteiger partial charge is 0.484 e. The molecule has 4 rings (SSSR count). The van der Waals surface area contributed by atoms with Crippen molar-refractivity contribution in [2.24, 2.45) is 0 Å². The molecule has 1 heterocycles. The van der Waals surface area contributed by atoms with Gasteiger partial charge in [0, 0.05) is 21.8 Å². The van der Waals surface area contributed by atoms with Gasteiger partial charge < -0.3 is 14.5 Å². The molecule has 0 radical (unpaired) electrons. The van der Waals surface area contributed by atoms with Crippen LogP contribution in [0.4, 0.5) is 5.69 Å². The summed E-state index contributed by atoms with van der Waals surface area (Å²) >= 11 is 6.17. The fourth-order valence-corrected chi connectivity index (χ4v) is 3.21. The Labute approximate surface area is 184 Å². The third kappa shape index (κ3) is 4.92. The lowest BCUT2D eigenvalue weighted by atomic mass is 10.1. The van der Waals surface area contributed by atoms with E-state index in [9.17, 15) is 4.79 Å². The average molecular weight is 434 g/mol. The van der Waals surface area contributed by atoms with Crippen LogP contribution in [0.25, 0.3) is 22.9 Å². The molecule has 0 bridgehead atoms. The lowest BCUT2D eigenvalue weighted by Crippen LogP contribution is -2.20. The van der Waals surface area contributed by atoms with Gasteiger partial charge >= 0.3 is 0 Å². The van der Waals surface area contributed by atoms with E-state index in [1.807, 2.05) is 68.4 Å². The summed E-state index contributed by atoms with van der Waals surface area (Å²) in [4.78, 5) is 12.3. The molecule has 0 spiro atoms. The molecule has 0 aliphatic carbocycles. The molecule has 0 atom stereocenters. The molecule has 3 aromatic carbocycles. The molecule has 156 valence electrons. The smallest absolute Gasteiger partial charge is 0.262 e. The van der Waals surface area contributed by atoms with Crippen LogP contribution < -0.4 is 10.1 Å². The summed E-state index contributed by atoms with van der Waals surface area (Å²) in [6, 6.07) is 20.4. The molecule has 0 aliphatic heterocycles. The molecular weight excluding hydrogens is 414 g/mol. The number of carbonyl (C=O) groups is 1. The van der Waals surface area contributed by atoms with Crippen molar-refractivity contribution in [2.45, 2.75) is 13.8 Å². The number of aromatic nitrogens is 2. The molecular formula is C24H20ClN3O3. The first-order valence-electron chi connectivity index (χ1n) is 9.68. The number of hydrogen-bond donors (Lipinski definition) is 1. The quantitative estimate of drug-likeness (QED) is 0.422. The molecule has 0 unspecified atom stereocenters. The zero-order chi connectivity index (χ0) is 21.8. The predicted molar refractivity (Wildman–Crippen MR) is 120 cm³/mol. The molecule has 7 heteroatoms. The predicted octanol–water partition coefficient (Wildman–Crippen LogP) is 5.69. The summed E-state index contributed by atoms with van der Waals surface area (Å²) in [6.07, 6.45) is 0. The van der Waals surface area contributed by atoms with Crippen molar-refractivity contribution in [2.75, 3.05) is 11.9 Å². The molecule has 0 aliphatic rings. The number of rotatable bonds is 6. The fourth-order valence-electron chi connectivity index (χ4n) is 3.10. The van der Waals surface area contributed by atoms with Crippen molar-refractivity contribution < 1.29 is 13.9 Å². The van der Waals surface area contributed by atoms with Gasteiger partial charge in [-0.3, -0.25) is 4.79 Å². The van der Waals surface area contributed by atoms with Crippen LogP contribution in [-0.2, 0) is 4.79 Å². The van der Waals surface area contributed by atoms with Crippen molar-refractivity contribution >= 4 is 23.2 Å². The highest BCUT2D eigenvalue weighted by Crippen LogP contribution is 2.27. The number of halogens is 1. The third-order valence-corrected chi connectivity index (χ3v) is 5.22. The van der Waals surface area contributed by atoms with Gasteiger partial charge in [-0.25, -0.2) is 0 Å². The van der Waals surface area contributed by atoms with Crippen LogP contribution >= 0.6 is 11.6 Å². The molecule has 1 aromatic heterocycles. The van der Waals surface area contributed by atoms with Gasteiger partial charge in [-0.1, -0.05) is 35.9 Å². The van der Waals surface area contributed by atoms with Gasteiger partial charge in [0.15, 0.2) is 6.61 Å². The maximum Gasteiger partial charge on any atom is 0.262 e. The van der Waals surface area contributed by atoms with Crippen LogP contribution in [0.2, 0.25) is 5.02 Å². The molecule has 4 aromatic rings. The van der Waals surface area contributed by atoms with Crippen molar-refractivity contribution in [1.29, 1.82) is 0 Å². The van der Waals surface area contributed by atoms with E-state index < -0.39 is 0 Å². The van der Waals surface area contributed by atoms with Gasteiger partial charge in [0.2, 0.25) is 11.8 Å². The second-order valence-electron chi connectivity index (χ2n) is 7.07. The number of hydrogen-bond acceptors (Lipinski definition) is 5. The summed E-state index contributed by atoms with van der Waals surface area (Å²) < 4.78 is 11.4. The number of ether oxygens (including phenoxy) is 1. The molecule has 6 nitrogen and oxygen atoms in total. The Morgan fingerprint density at radius 2 is 1.58 bits per heavy atom. The number of nitrogens with zero attached hydrogens (tertiary/aromatic N) is 2. The first kappa shape index (κ1) is 20.6. The minimum atomic E-state index is -0.280. The van der Waals surface area contributed by atoms with Crippen molar-refractivity contribution in [3.63, 3.8) is 0 Å². The van der Waals surface area contributed by atoms with Crippen LogP contribution in [0, 0.1) is 13.8 Å². The molecule has 31 heavy (non-hydrogen) atoms. The molecule has 0 fully saturated rings. The number of amides is 1. The van der Waals surface area contributed by atoms with Gasteiger partial charge in [0.25, 0.3) is 5.91 Å². The first-order chi connectivity index (χ1) is 15.0. The summed E-state index contributed by atoms with van der Waals surface area (Å²) in [5, 5.41) is 11.7.